The van der Waals surface area contributed by atoms with Crippen LogP contribution in [0.5, 0.6) is 5.75 Å². The summed E-state index contributed by atoms with van der Waals surface area (Å²) in [6, 6.07) is 15.4. The zero-order chi connectivity index (χ0) is 12.3. The molecular formula is C14H14BrNO. The van der Waals surface area contributed by atoms with E-state index in [9.17, 15) is 5.11 Å². The van der Waals surface area contributed by atoms with Crippen LogP contribution in [0.4, 0.5) is 5.69 Å². The first kappa shape index (κ1) is 12.0. The van der Waals surface area contributed by atoms with Gasteiger partial charge >= 0.3 is 0 Å². The fraction of sp³-hybridized carbons (Fsp3) is 0.143. The van der Waals surface area contributed by atoms with Gasteiger partial charge in [-0.05, 0) is 52.7 Å². The molecule has 0 radical (unpaired) electrons. The average molecular weight is 292 g/mol. The molecule has 1 unspecified atom stereocenters. The minimum absolute atomic E-state index is 0.140. The number of nitrogens with one attached hydrogen (secondary N) is 1. The van der Waals surface area contributed by atoms with Crippen LogP contribution in [0.25, 0.3) is 0 Å². The van der Waals surface area contributed by atoms with Gasteiger partial charge in [-0.1, -0.05) is 24.3 Å². The molecule has 2 nitrogen and oxygen atoms in total. The van der Waals surface area contributed by atoms with Gasteiger partial charge in [0.25, 0.3) is 0 Å². The van der Waals surface area contributed by atoms with E-state index in [1.165, 1.54) is 0 Å². The van der Waals surface area contributed by atoms with Crippen molar-refractivity contribution >= 4 is 21.6 Å². The predicted molar refractivity (Wildman–Crippen MR) is 74.3 cm³/mol. The minimum Gasteiger partial charge on any atom is -0.508 e. The van der Waals surface area contributed by atoms with Crippen molar-refractivity contribution in [2.75, 3.05) is 5.32 Å². The predicted octanol–water partition coefficient (Wildman–Crippen LogP) is 4.33. The van der Waals surface area contributed by atoms with Gasteiger partial charge < -0.3 is 10.4 Å². The smallest absolute Gasteiger partial charge is 0.115 e. The Morgan fingerprint density at radius 3 is 2.59 bits per heavy atom. The maximum atomic E-state index is 9.45. The number of halogens is 1. The number of hydrogen-bond acceptors (Lipinski definition) is 2. The Balaban J connectivity index is 2.17. The van der Waals surface area contributed by atoms with E-state index in [-0.39, 0.29) is 6.04 Å². The van der Waals surface area contributed by atoms with Crippen LogP contribution in [-0.2, 0) is 0 Å². The van der Waals surface area contributed by atoms with E-state index < -0.39 is 0 Å². The van der Waals surface area contributed by atoms with Crippen LogP contribution in [0.3, 0.4) is 0 Å². The zero-order valence-electron chi connectivity index (χ0n) is 9.52. The highest BCUT2D eigenvalue weighted by Crippen LogP contribution is 2.27. The lowest BCUT2D eigenvalue weighted by Gasteiger charge is -2.17. The molecule has 2 N–H and O–H groups in total. The minimum atomic E-state index is 0.140. The third-order valence-corrected chi connectivity index (χ3v) is 3.31. The SMILES string of the molecule is CC(Nc1ccccc1Br)c1cccc(O)c1. The van der Waals surface area contributed by atoms with Crippen molar-refractivity contribution in [2.24, 2.45) is 0 Å². The maximum Gasteiger partial charge on any atom is 0.115 e. The number of hydrogen-bond donors (Lipinski definition) is 2. The quantitative estimate of drug-likeness (QED) is 0.882. The standard InChI is InChI=1S/C14H14BrNO/c1-10(11-5-4-6-12(17)9-11)16-14-8-3-2-7-13(14)15/h2-10,16-17H,1H3. The monoisotopic (exact) mass is 291 g/mol. The lowest BCUT2D eigenvalue weighted by atomic mass is 10.1. The van der Waals surface area contributed by atoms with Crippen molar-refractivity contribution < 1.29 is 5.11 Å². The van der Waals surface area contributed by atoms with Gasteiger partial charge in [0.05, 0.1) is 0 Å². The fourth-order valence-electron chi connectivity index (χ4n) is 1.69. The Morgan fingerprint density at radius 2 is 1.88 bits per heavy atom. The van der Waals surface area contributed by atoms with E-state index >= 15 is 0 Å². The van der Waals surface area contributed by atoms with Gasteiger partial charge in [-0.15, -0.1) is 0 Å². The molecular weight excluding hydrogens is 278 g/mol. The van der Waals surface area contributed by atoms with Crippen molar-refractivity contribution in [2.45, 2.75) is 13.0 Å². The normalized spacial score (nSPS) is 12.1. The number of aromatic hydroxyl groups is 1. The van der Waals surface area contributed by atoms with Crippen LogP contribution in [-0.4, -0.2) is 5.11 Å². The third kappa shape index (κ3) is 3.01. The fourth-order valence-corrected chi connectivity index (χ4v) is 2.09. The second-order valence-electron chi connectivity index (χ2n) is 3.94. The van der Waals surface area contributed by atoms with Crippen LogP contribution in [0, 0.1) is 0 Å². The molecule has 17 heavy (non-hydrogen) atoms. The lowest BCUT2D eigenvalue weighted by molar-refractivity contribution is 0.474. The summed E-state index contributed by atoms with van der Waals surface area (Å²) in [7, 11) is 0. The molecule has 88 valence electrons. The molecule has 0 saturated heterocycles. The average Bonchev–Trinajstić information content (AvgIpc) is 2.32. The summed E-state index contributed by atoms with van der Waals surface area (Å²) in [6.45, 7) is 2.06. The Labute approximate surface area is 109 Å². The summed E-state index contributed by atoms with van der Waals surface area (Å²) < 4.78 is 1.03. The van der Waals surface area contributed by atoms with Crippen molar-refractivity contribution in [1.82, 2.24) is 0 Å². The molecule has 0 fully saturated rings. The largest absolute Gasteiger partial charge is 0.508 e. The van der Waals surface area contributed by atoms with E-state index in [4.69, 9.17) is 0 Å². The molecule has 0 amide bonds. The van der Waals surface area contributed by atoms with Crippen LogP contribution >= 0.6 is 15.9 Å². The van der Waals surface area contributed by atoms with Crippen LogP contribution in [0.15, 0.2) is 53.0 Å². The van der Waals surface area contributed by atoms with Crippen LogP contribution < -0.4 is 5.32 Å². The molecule has 2 aromatic carbocycles. The molecule has 2 rings (SSSR count). The molecule has 1 atom stereocenters. The Hall–Kier alpha value is -1.48. The van der Waals surface area contributed by atoms with Gasteiger partial charge in [0.15, 0.2) is 0 Å². The van der Waals surface area contributed by atoms with E-state index in [1.54, 1.807) is 12.1 Å². The number of rotatable bonds is 3. The van der Waals surface area contributed by atoms with Gasteiger partial charge in [0.2, 0.25) is 0 Å². The molecule has 2 aromatic rings. The summed E-state index contributed by atoms with van der Waals surface area (Å²) >= 11 is 3.50. The molecule has 0 heterocycles. The molecule has 0 aliphatic carbocycles. The number of phenolic OH excluding ortho intramolecular Hbond substituents is 1. The van der Waals surface area contributed by atoms with E-state index in [1.807, 2.05) is 36.4 Å². The molecule has 0 bridgehead atoms. The molecule has 0 aromatic heterocycles. The summed E-state index contributed by atoms with van der Waals surface area (Å²) in [5, 5.41) is 12.8. The first-order valence-electron chi connectivity index (χ1n) is 5.47. The first-order valence-corrected chi connectivity index (χ1v) is 6.26. The van der Waals surface area contributed by atoms with Gasteiger partial charge in [-0.3, -0.25) is 0 Å². The topological polar surface area (TPSA) is 32.3 Å². The first-order chi connectivity index (χ1) is 8.16. The Bertz CT molecular complexity index is 513. The number of phenols is 1. The lowest BCUT2D eigenvalue weighted by Crippen LogP contribution is -2.06. The van der Waals surface area contributed by atoms with Gasteiger partial charge in [-0.2, -0.15) is 0 Å². The van der Waals surface area contributed by atoms with Crippen molar-refractivity contribution in [1.29, 1.82) is 0 Å². The van der Waals surface area contributed by atoms with Crippen LogP contribution in [0.2, 0.25) is 0 Å². The summed E-state index contributed by atoms with van der Waals surface area (Å²) in [5.41, 5.74) is 2.10. The summed E-state index contributed by atoms with van der Waals surface area (Å²) in [4.78, 5) is 0. The van der Waals surface area contributed by atoms with Crippen molar-refractivity contribution in [3.8, 4) is 5.75 Å². The zero-order valence-corrected chi connectivity index (χ0v) is 11.1. The number of para-hydroxylation sites is 1. The molecule has 0 aliphatic rings. The third-order valence-electron chi connectivity index (χ3n) is 2.62. The maximum absolute atomic E-state index is 9.45. The molecule has 0 spiro atoms. The van der Waals surface area contributed by atoms with Crippen LogP contribution in [0.1, 0.15) is 18.5 Å². The van der Waals surface area contributed by atoms with E-state index in [2.05, 4.69) is 28.2 Å². The van der Waals surface area contributed by atoms with Gasteiger partial charge in [0, 0.05) is 16.2 Å². The van der Waals surface area contributed by atoms with Crippen molar-refractivity contribution in [3.05, 3.63) is 58.6 Å². The number of benzene rings is 2. The van der Waals surface area contributed by atoms with E-state index in [0.29, 0.717) is 5.75 Å². The van der Waals surface area contributed by atoms with Gasteiger partial charge in [-0.25, -0.2) is 0 Å². The molecule has 3 heteroatoms. The summed E-state index contributed by atoms with van der Waals surface area (Å²) in [5.74, 6) is 0.295. The number of anilines is 1. The van der Waals surface area contributed by atoms with E-state index in [0.717, 1.165) is 15.7 Å². The second-order valence-corrected chi connectivity index (χ2v) is 4.80. The highest BCUT2D eigenvalue weighted by molar-refractivity contribution is 9.10. The molecule has 0 saturated carbocycles. The molecule has 0 aliphatic heterocycles. The van der Waals surface area contributed by atoms with Gasteiger partial charge in [0.1, 0.15) is 5.75 Å². The second kappa shape index (κ2) is 5.23. The Kier molecular flexibility index (Phi) is 3.69. The highest BCUT2D eigenvalue weighted by atomic mass is 79.9. The van der Waals surface area contributed by atoms with Crippen molar-refractivity contribution in [3.63, 3.8) is 0 Å². The highest BCUT2D eigenvalue weighted by Gasteiger charge is 2.07. The summed E-state index contributed by atoms with van der Waals surface area (Å²) in [6.07, 6.45) is 0. The Morgan fingerprint density at radius 1 is 1.12 bits per heavy atom.